The van der Waals surface area contributed by atoms with E-state index < -0.39 is 8.32 Å². The van der Waals surface area contributed by atoms with Gasteiger partial charge >= 0.3 is 0 Å². The predicted octanol–water partition coefficient (Wildman–Crippen LogP) is 7.90. The van der Waals surface area contributed by atoms with E-state index in [1.54, 1.807) is 6.08 Å². The Balaban J connectivity index is 1.96. The zero-order valence-corrected chi connectivity index (χ0v) is 26.8. The largest absolute Gasteiger partial charge is 0.403 e. The number of hydrogen-bond donors (Lipinski definition) is 0. The van der Waals surface area contributed by atoms with Gasteiger partial charge in [0.25, 0.3) is 8.32 Å². The highest BCUT2D eigenvalue weighted by molar-refractivity contribution is 6.99. The van der Waals surface area contributed by atoms with Crippen molar-refractivity contribution in [2.75, 3.05) is 6.61 Å². The van der Waals surface area contributed by atoms with Crippen LogP contribution in [0.4, 0.5) is 0 Å². The van der Waals surface area contributed by atoms with Crippen LogP contribution in [0.25, 0.3) is 0 Å². The van der Waals surface area contributed by atoms with Crippen molar-refractivity contribution in [1.82, 2.24) is 0 Å². The molecule has 0 N–H and O–H groups in total. The number of carbonyl (C=O) groups excluding carboxylic acids is 1. The topological polar surface area (TPSA) is 35.5 Å². The van der Waals surface area contributed by atoms with Gasteiger partial charge in [0.05, 0.1) is 19.3 Å². The third kappa shape index (κ3) is 8.48. The van der Waals surface area contributed by atoms with Crippen LogP contribution in [0, 0.1) is 11.8 Å². The summed E-state index contributed by atoms with van der Waals surface area (Å²) in [5, 5.41) is 2.50. The lowest BCUT2D eigenvalue weighted by Gasteiger charge is -2.43. The van der Waals surface area contributed by atoms with E-state index in [0.717, 1.165) is 24.7 Å². The lowest BCUT2D eigenvalue weighted by molar-refractivity contribution is -0.104. The van der Waals surface area contributed by atoms with Crippen molar-refractivity contribution in [3.63, 3.8) is 0 Å². The van der Waals surface area contributed by atoms with Crippen molar-refractivity contribution < 1.29 is 14.0 Å². The average Bonchev–Trinajstić information content (AvgIpc) is 2.99. The molecule has 0 spiro atoms. The maximum absolute atomic E-state index is 11.1. The highest BCUT2D eigenvalue weighted by atomic mass is 28.4. The number of allylic oxidation sites excluding steroid dienone is 1. The Morgan fingerprint density at radius 2 is 1.39 bits per heavy atom. The third-order valence-corrected chi connectivity index (χ3v) is 13.0. The lowest BCUT2D eigenvalue weighted by Crippen LogP contribution is -2.66. The molecular weight excluding hydrogens is 520 g/mol. The van der Waals surface area contributed by atoms with Gasteiger partial charge < -0.3 is 9.16 Å². The van der Waals surface area contributed by atoms with E-state index in [1.807, 2.05) is 24.3 Å². The molecule has 0 fully saturated rings. The summed E-state index contributed by atoms with van der Waals surface area (Å²) in [4.78, 5) is 11.1. The summed E-state index contributed by atoms with van der Waals surface area (Å²) >= 11 is 0. The number of rotatable bonds is 15. The van der Waals surface area contributed by atoms with E-state index in [1.165, 1.54) is 15.9 Å². The lowest BCUT2D eigenvalue weighted by atomic mass is 9.87. The summed E-state index contributed by atoms with van der Waals surface area (Å²) in [5.74, 6) is 0.267. The van der Waals surface area contributed by atoms with Crippen LogP contribution >= 0.6 is 0 Å². The van der Waals surface area contributed by atoms with E-state index in [9.17, 15) is 4.79 Å². The second-order valence-corrected chi connectivity index (χ2v) is 16.1. The highest BCUT2D eigenvalue weighted by Gasteiger charge is 2.50. The maximum atomic E-state index is 11.1. The molecule has 0 radical (unpaired) electrons. The van der Waals surface area contributed by atoms with E-state index in [0.29, 0.717) is 13.2 Å². The van der Waals surface area contributed by atoms with Crippen LogP contribution in [0.5, 0.6) is 0 Å². The van der Waals surface area contributed by atoms with Gasteiger partial charge in [-0.2, -0.15) is 0 Å². The molecule has 0 unspecified atom stereocenters. The summed E-state index contributed by atoms with van der Waals surface area (Å²) in [6.07, 6.45) is 8.55. The molecule has 0 heterocycles. The van der Waals surface area contributed by atoms with Gasteiger partial charge in [0.15, 0.2) is 0 Å². The van der Waals surface area contributed by atoms with Gasteiger partial charge in [-0.25, -0.2) is 0 Å². The minimum absolute atomic E-state index is 0.0641. The first-order valence-electron chi connectivity index (χ1n) is 15.0. The van der Waals surface area contributed by atoms with Gasteiger partial charge in [-0.3, -0.25) is 4.79 Å². The standard InChI is InChI=1S/C37H48O3Si/c1-7-31(27-33(8-2)36(30(3)19-18-26-38)39-28-32-20-12-9-13-21-32)29-40-41(37(4,5)6,34-22-14-10-15-23-34)35-24-16-11-17-25-35/h9-27,30,33,36H,7-8,28-29H2,1-6H3/b19-18+,31-27-/t30-,33-,36-/m1/s1. The Morgan fingerprint density at radius 1 is 0.854 bits per heavy atom. The SMILES string of the molecule is CC/C(=C/[C@@H](CC)[C@H](OCc1ccccc1)[C@H](C)/C=C/C=O)CO[Si](c1ccccc1)(c1ccccc1)C(C)(C)C. The molecule has 0 amide bonds. The summed E-state index contributed by atoms with van der Waals surface area (Å²) in [7, 11) is -2.64. The van der Waals surface area contributed by atoms with Gasteiger partial charge in [-0.1, -0.05) is 145 Å². The fourth-order valence-corrected chi connectivity index (χ4v) is 10.3. The second kappa shape index (κ2) is 15.8. The summed E-state index contributed by atoms with van der Waals surface area (Å²) in [6.45, 7) is 14.6. The zero-order chi connectivity index (χ0) is 29.7. The smallest absolute Gasteiger partial charge is 0.261 e. The molecule has 4 heteroatoms. The van der Waals surface area contributed by atoms with Gasteiger partial charge in [-0.15, -0.1) is 0 Å². The molecule has 3 aromatic carbocycles. The van der Waals surface area contributed by atoms with Crippen LogP contribution in [-0.4, -0.2) is 27.3 Å². The Bertz CT molecular complexity index is 1190. The number of aldehydes is 1. The Labute approximate surface area is 249 Å². The van der Waals surface area contributed by atoms with Crippen molar-refractivity contribution in [3.8, 4) is 0 Å². The molecule has 0 saturated heterocycles. The monoisotopic (exact) mass is 568 g/mol. The first kappa shape index (κ1) is 32.5. The summed E-state index contributed by atoms with van der Waals surface area (Å²) in [6, 6.07) is 31.9. The molecule has 0 aliphatic carbocycles. The average molecular weight is 569 g/mol. The third-order valence-electron chi connectivity index (χ3n) is 7.98. The van der Waals surface area contributed by atoms with Crippen molar-refractivity contribution >= 4 is 25.0 Å². The van der Waals surface area contributed by atoms with Crippen LogP contribution in [-0.2, 0) is 20.6 Å². The van der Waals surface area contributed by atoms with Gasteiger partial charge in [0.1, 0.15) is 6.29 Å². The van der Waals surface area contributed by atoms with E-state index in [2.05, 4.69) is 120 Å². The predicted molar refractivity (Wildman–Crippen MR) is 175 cm³/mol. The number of carbonyl (C=O) groups is 1. The summed E-state index contributed by atoms with van der Waals surface area (Å²) in [5.41, 5.74) is 2.43. The van der Waals surface area contributed by atoms with Crippen LogP contribution in [0.2, 0.25) is 5.04 Å². The van der Waals surface area contributed by atoms with Gasteiger partial charge in [0.2, 0.25) is 0 Å². The highest BCUT2D eigenvalue weighted by Crippen LogP contribution is 2.37. The van der Waals surface area contributed by atoms with E-state index >= 15 is 0 Å². The van der Waals surface area contributed by atoms with Crippen LogP contribution < -0.4 is 10.4 Å². The second-order valence-electron chi connectivity index (χ2n) is 11.8. The maximum Gasteiger partial charge on any atom is 0.261 e. The zero-order valence-electron chi connectivity index (χ0n) is 25.8. The Hall–Kier alpha value is -3.05. The van der Waals surface area contributed by atoms with Gasteiger partial charge in [-0.05, 0) is 45.5 Å². The minimum atomic E-state index is -2.64. The molecular formula is C37H48O3Si. The number of ether oxygens (including phenoxy) is 1. The molecule has 3 nitrogen and oxygen atoms in total. The number of hydrogen-bond acceptors (Lipinski definition) is 3. The van der Waals surface area contributed by atoms with E-state index in [-0.39, 0.29) is 23.0 Å². The Kier molecular flexibility index (Phi) is 12.5. The first-order valence-corrected chi connectivity index (χ1v) is 16.9. The van der Waals surface area contributed by atoms with Crippen molar-refractivity contribution in [2.45, 2.75) is 72.1 Å². The molecule has 3 aromatic rings. The minimum Gasteiger partial charge on any atom is -0.403 e. The molecule has 0 saturated carbocycles. The molecule has 218 valence electrons. The molecule has 0 aromatic heterocycles. The molecule has 41 heavy (non-hydrogen) atoms. The molecule has 0 bridgehead atoms. The molecule has 3 rings (SSSR count). The van der Waals surface area contributed by atoms with Crippen LogP contribution in [0.1, 0.15) is 59.9 Å². The Morgan fingerprint density at radius 3 is 1.85 bits per heavy atom. The molecule has 3 atom stereocenters. The fourth-order valence-electron chi connectivity index (χ4n) is 5.74. The number of benzene rings is 3. The van der Waals surface area contributed by atoms with Crippen LogP contribution in [0.3, 0.4) is 0 Å². The molecule has 0 aliphatic heterocycles. The normalized spacial score (nSPS) is 15.0. The first-order chi connectivity index (χ1) is 19.8. The van der Waals surface area contributed by atoms with Crippen LogP contribution in [0.15, 0.2) is 115 Å². The summed E-state index contributed by atoms with van der Waals surface area (Å²) < 4.78 is 13.8. The van der Waals surface area contributed by atoms with Crippen molar-refractivity contribution in [1.29, 1.82) is 0 Å². The van der Waals surface area contributed by atoms with Crippen molar-refractivity contribution in [2.24, 2.45) is 11.8 Å². The molecule has 0 aliphatic rings. The fraction of sp³-hybridized carbons (Fsp3) is 0.378. The van der Waals surface area contributed by atoms with Gasteiger partial charge in [0, 0.05) is 11.8 Å². The van der Waals surface area contributed by atoms with Crippen molar-refractivity contribution in [3.05, 3.63) is 120 Å². The van der Waals surface area contributed by atoms with E-state index in [4.69, 9.17) is 9.16 Å². The quantitative estimate of drug-likeness (QED) is 0.0809.